The van der Waals surface area contributed by atoms with E-state index in [1.807, 2.05) is 31.2 Å². The van der Waals surface area contributed by atoms with Crippen LogP contribution in [-0.2, 0) is 9.59 Å². The molecule has 1 aliphatic heterocycles. The van der Waals surface area contributed by atoms with Gasteiger partial charge in [0.25, 0.3) is 5.56 Å². The van der Waals surface area contributed by atoms with Gasteiger partial charge in [-0.25, -0.2) is 0 Å². The van der Waals surface area contributed by atoms with E-state index in [0.29, 0.717) is 16.4 Å². The molecule has 0 spiro atoms. The number of nitrogens with zero attached hydrogens (tertiary/aromatic N) is 1. The minimum Gasteiger partial charge on any atom is -0.326 e. The predicted molar refractivity (Wildman–Crippen MR) is 120 cm³/mol. The van der Waals surface area contributed by atoms with E-state index in [2.05, 4.69) is 25.9 Å². The molecule has 1 aliphatic rings. The molecule has 8 nitrogen and oxygen atoms in total. The highest BCUT2D eigenvalue weighted by Crippen LogP contribution is 2.31. The van der Waals surface area contributed by atoms with E-state index in [4.69, 9.17) is 23.2 Å². The van der Waals surface area contributed by atoms with E-state index in [-0.39, 0.29) is 28.8 Å². The van der Waals surface area contributed by atoms with Crippen LogP contribution in [0.25, 0.3) is 0 Å². The number of rotatable bonds is 4. The number of amides is 2. The molecule has 2 aromatic carbocycles. The van der Waals surface area contributed by atoms with Crippen molar-refractivity contribution in [3.8, 4) is 0 Å². The average molecular weight is 458 g/mol. The van der Waals surface area contributed by atoms with E-state index < -0.39 is 23.3 Å². The van der Waals surface area contributed by atoms with Gasteiger partial charge in [0.2, 0.25) is 17.8 Å². The highest BCUT2D eigenvalue weighted by molar-refractivity contribution is 6.42. The molecule has 2 amide bonds. The molecule has 0 unspecified atom stereocenters. The number of nitrogens with one attached hydrogen (secondary N) is 4. The van der Waals surface area contributed by atoms with Crippen molar-refractivity contribution in [2.45, 2.75) is 19.3 Å². The summed E-state index contributed by atoms with van der Waals surface area (Å²) in [6, 6.07) is 12.1. The lowest BCUT2D eigenvalue weighted by Crippen LogP contribution is -2.36. The van der Waals surface area contributed by atoms with Gasteiger partial charge in [0.05, 0.1) is 21.5 Å². The van der Waals surface area contributed by atoms with Gasteiger partial charge < -0.3 is 16.0 Å². The molecule has 2 heterocycles. The second-order valence-electron chi connectivity index (χ2n) is 7.09. The van der Waals surface area contributed by atoms with E-state index in [1.54, 1.807) is 12.1 Å². The number of aryl methyl sites for hydroxylation is 1. The van der Waals surface area contributed by atoms with Crippen molar-refractivity contribution in [3.05, 3.63) is 74.0 Å². The van der Waals surface area contributed by atoms with Crippen LogP contribution in [-0.4, -0.2) is 21.8 Å². The predicted octanol–water partition coefficient (Wildman–Crippen LogP) is 4.19. The van der Waals surface area contributed by atoms with Crippen molar-refractivity contribution >= 4 is 58.2 Å². The van der Waals surface area contributed by atoms with Crippen LogP contribution in [0, 0.1) is 6.92 Å². The number of H-pyrrole nitrogens is 1. The Morgan fingerprint density at radius 1 is 1.06 bits per heavy atom. The third-order valence-electron chi connectivity index (χ3n) is 4.77. The molecule has 1 aromatic heterocycles. The molecule has 1 atom stereocenters. The largest absolute Gasteiger partial charge is 0.326 e. The van der Waals surface area contributed by atoms with Gasteiger partial charge >= 0.3 is 0 Å². The molecular formula is C21H17Cl2N5O3. The highest BCUT2D eigenvalue weighted by atomic mass is 35.5. The van der Waals surface area contributed by atoms with Crippen LogP contribution in [0.4, 0.5) is 23.1 Å². The number of aromatic amines is 1. The minimum atomic E-state index is -1.01. The zero-order valence-electron chi connectivity index (χ0n) is 16.3. The summed E-state index contributed by atoms with van der Waals surface area (Å²) in [7, 11) is 0. The Balaban J connectivity index is 1.63. The molecule has 3 aromatic rings. The van der Waals surface area contributed by atoms with Crippen molar-refractivity contribution in [1.82, 2.24) is 9.97 Å². The Kier molecular flexibility index (Phi) is 5.67. The number of carbonyl (C=O) groups excluding carboxylic acids is 2. The van der Waals surface area contributed by atoms with Gasteiger partial charge in [-0.1, -0.05) is 40.9 Å². The van der Waals surface area contributed by atoms with Gasteiger partial charge in [0.1, 0.15) is 5.82 Å². The van der Waals surface area contributed by atoms with Crippen molar-refractivity contribution in [3.63, 3.8) is 0 Å². The van der Waals surface area contributed by atoms with Gasteiger partial charge in [-0.2, -0.15) is 4.98 Å². The van der Waals surface area contributed by atoms with Gasteiger partial charge in [-0.15, -0.1) is 0 Å². The summed E-state index contributed by atoms with van der Waals surface area (Å²) in [6.07, 6.45) is -0.185. The van der Waals surface area contributed by atoms with E-state index in [9.17, 15) is 14.4 Å². The number of halogens is 2. The molecule has 0 radical (unpaired) electrons. The Bertz CT molecular complexity index is 1240. The van der Waals surface area contributed by atoms with Crippen LogP contribution in [0.5, 0.6) is 0 Å². The monoisotopic (exact) mass is 457 g/mol. The number of benzene rings is 2. The van der Waals surface area contributed by atoms with Crippen molar-refractivity contribution in [2.24, 2.45) is 0 Å². The molecule has 0 saturated heterocycles. The minimum absolute atomic E-state index is 0.0453. The first-order valence-corrected chi connectivity index (χ1v) is 10.1. The second-order valence-corrected chi connectivity index (χ2v) is 7.91. The quantitative estimate of drug-likeness (QED) is 0.468. The summed E-state index contributed by atoms with van der Waals surface area (Å²) in [6.45, 7) is 1.96. The van der Waals surface area contributed by atoms with Gasteiger partial charge in [0.15, 0.2) is 0 Å². The summed E-state index contributed by atoms with van der Waals surface area (Å²) < 4.78 is 0. The zero-order chi connectivity index (χ0) is 22.1. The molecule has 10 heteroatoms. The lowest BCUT2D eigenvalue weighted by Gasteiger charge is -2.23. The zero-order valence-corrected chi connectivity index (χ0v) is 17.8. The number of aromatic nitrogens is 2. The van der Waals surface area contributed by atoms with Crippen LogP contribution in [0.1, 0.15) is 23.5 Å². The average Bonchev–Trinajstić information content (AvgIpc) is 2.71. The third kappa shape index (κ3) is 4.55. The number of anilines is 4. The normalized spacial score (nSPS) is 15.1. The standard InChI is InChI=1S/C21H17Cl2N5O3/c1-10-2-4-11(5-3-10)25-21-27-18-17(20(31)28-21)13(9-16(29)26-18)19(30)24-12-6-7-14(22)15(23)8-12/h2-8,13H,9H2,1H3,(H,24,30)(H3,25,26,27,28,29,31)/t13-/m0/s1. The molecule has 0 bridgehead atoms. The summed E-state index contributed by atoms with van der Waals surface area (Å²) in [4.78, 5) is 44.8. The lowest BCUT2D eigenvalue weighted by atomic mass is 9.92. The number of carbonyl (C=O) groups is 2. The lowest BCUT2D eigenvalue weighted by molar-refractivity contribution is -0.123. The summed E-state index contributed by atoms with van der Waals surface area (Å²) in [5, 5.41) is 8.84. The van der Waals surface area contributed by atoms with Crippen molar-refractivity contribution in [2.75, 3.05) is 16.0 Å². The van der Waals surface area contributed by atoms with Crippen molar-refractivity contribution in [1.29, 1.82) is 0 Å². The topological polar surface area (TPSA) is 116 Å². The SMILES string of the molecule is Cc1ccc(Nc2nc3c(c(=O)[nH]2)[C@@H](C(=O)Nc2ccc(Cl)c(Cl)c2)CC(=O)N3)cc1. The van der Waals surface area contributed by atoms with E-state index in [1.165, 1.54) is 6.07 Å². The first-order valence-electron chi connectivity index (χ1n) is 9.34. The Labute approximate surface area is 187 Å². The third-order valence-corrected chi connectivity index (χ3v) is 5.51. The maximum Gasteiger partial charge on any atom is 0.258 e. The van der Waals surface area contributed by atoms with Crippen LogP contribution < -0.4 is 21.5 Å². The van der Waals surface area contributed by atoms with Crippen LogP contribution in [0.15, 0.2) is 47.3 Å². The number of hydrogen-bond acceptors (Lipinski definition) is 5. The maximum absolute atomic E-state index is 12.9. The highest BCUT2D eigenvalue weighted by Gasteiger charge is 2.34. The summed E-state index contributed by atoms with van der Waals surface area (Å²) >= 11 is 11.9. The molecule has 158 valence electrons. The maximum atomic E-state index is 12.9. The molecule has 4 N–H and O–H groups in total. The van der Waals surface area contributed by atoms with E-state index >= 15 is 0 Å². The molecule has 0 aliphatic carbocycles. The molecule has 0 saturated carbocycles. The summed E-state index contributed by atoms with van der Waals surface area (Å²) in [5.74, 6) is -1.76. The smallest absolute Gasteiger partial charge is 0.258 e. The summed E-state index contributed by atoms with van der Waals surface area (Å²) in [5.41, 5.74) is 1.76. The van der Waals surface area contributed by atoms with Crippen molar-refractivity contribution < 1.29 is 9.59 Å². The van der Waals surface area contributed by atoms with Gasteiger partial charge in [-0.05, 0) is 37.3 Å². The first kappa shape index (κ1) is 20.9. The molecule has 31 heavy (non-hydrogen) atoms. The molecule has 4 rings (SSSR count). The molecule has 0 fully saturated rings. The fourth-order valence-electron chi connectivity index (χ4n) is 3.23. The van der Waals surface area contributed by atoms with Crippen LogP contribution in [0.3, 0.4) is 0 Å². The fraction of sp³-hybridized carbons (Fsp3) is 0.143. The van der Waals surface area contributed by atoms with Gasteiger partial charge in [0, 0.05) is 17.8 Å². The Hall–Kier alpha value is -3.36. The molecular weight excluding hydrogens is 441 g/mol. The Morgan fingerprint density at radius 3 is 2.48 bits per heavy atom. The van der Waals surface area contributed by atoms with Crippen LogP contribution >= 0.6 is 23.2 Å². The van der Waals surface area contributed by atoms with Gasteiger partial charge in [-0.3, -0.25) is 19.4 Å². The fourth-order valence-corrected chi connectivity index (χ4v) is 3.53. The Morgan fingerprint density at radius 2 is 1.77 bits per heavy atom. The van der Waals surface area contributed by atoms with E-state index in [0.717, 1.165) is 5.56 Å². The van der Waals surface area contributed by atoms with Crippen LogP contribution in [0.2, 0.25) is 10.0 Å². The second kappa shape index (κ2) is 8.41. The first-order chi connectivity index (χ1) is 14.8. The number of fused-ring (bicyclic) bond motifs is 1. The number of hydrogen-bond donors (Lipinski definition) is 4.